The highest BCUT2D eigenvalue weighted by Gasteiger charge is 2.31. The Morgan fingerprint density at radius 2 is 2.11 bits per heavy atom. The van der Waals surface area contributed by atoms with Crippen LogP contribution in [0.3, 0.4) is 0 Å². The fraction of sp³-hybridized carbons (Fsp3) is 0.400. The van der Waals surface area contributed by atoms with Gasteiger partial charge in [-0.25, -0.2) is 0 Å². The van der Waals surface area contributed by atoms with Crippen molar-refractivity contribution in [3.63, 3.8) is 0 Å². The number of nitrogens with one attached hydrogen (secondary N) is 1. The van der Waals surface area contributed by atoms with E-state index in [-0.39, 0.29) is 5.91 Å². The molecule has 0 aliphatic heterocycles. The van der Waals surface area contributed by atoms with Crippen LogP contribution in [0.15, 0.2) is 43.0 Å². The molecule has 1 aromatic carbocycles. The van der Waals surface area contributed by atoms with E-state index >= 15 is 0 Å². The van der Waals surface area contributed by atoms with E-state index in [0.29, 0.717) is 19.1 Å². The summed E-state index contributed by atoms with van der Waals surface area (Å²) < 4.78 is 0. The number of amides is 1. The summed E-state index contributed by atoms with van der Waals surface area (Å²) in [5.41, 5.74) is 1.20. The zero-order valence-electron chi connectivity index (χ0n) is 10.6. The minimum Gasteiger partial charge on any atom is -0.334 e. The van der Waals surface area contributed by atoms with Crippen molar-refractivity contribution in [1.82, 2.24) is 10.2 Å². The van der Waals surface area contributed by atoms with Gasteiger partial charge in [-0.15, -0.1) is 6.58 Å². The number of nitrogens with zero attached hydrogens (tertiary/aromatic N) is 1. The van der Waals surface area contributed by atoms with Crippen LogP contribution in [0.5, 0.6) is 0 Å². The predicted molar refractivity (Wildman–Crippen MR) is 73.1 cm³/mol. The zero-order valence-corrected chi connectivity index (χ0v) is 10.6. The minimum atomic E-state index is 0.184. The Bertz CT molecular complexity index is 398. The van der Waals surface area contributed by atoms with Gasteiger partial charge in [0.05, 0.1) is 6.54 Å². The topological polar surface area (TPSA) is 32.3 Å². The molecule has 1 aromatic rings. The lowest BCUT2D eigenvalue weighted by Crippen LogP contribution is -2.39. The first-order chi connectivity index (χ1) is 8.81. The lowest BCUT2D eigenvalue weighted by Gasteiger charge is -2.22. The molecule has 1 saturated carbocycles. The van der Waals surface area contributed by atoms with E-state index in [4.69, 9.17) is 0 Å². The Kier molecular flexibility index (Phi) is 4.53. The van der Waals surface area contributed by atoms with Crippen LogP contribution in [0.1, 0.15) is 18.4 Å². The Balaban J connectivity index is 1.91. The lowest BCUT2D eigenvalue weighted by molar-refractivity contribution is -0.131. The van der Waals surface area contributed by atoms with Crippen LogP contribution in [-0.2, 0) is 11.3 Å². The molecule has 1 aliphatic carbocycles. The van der Waals surface area contributed by atoms with Gasteiger partial charge in [0.2, 0.25) is 5.91 Å². The molecule has 0 atom stereocenters. The first-order valence-electron chi connectivity index (χ1n) is 6.46. The van der Waals surface area contributed by atoms with Crippen LogP contribution in [0.2, 0.25) is 0 Å². The van der Waals surface area contributed by atoms with Crippen LogP contribution < -0.4 is 5.32 Å². The summed E-state index contributed by atoms with van der Waals surface area (Å²) in [6, 6.07) is 10.6. The van der Waals surface area contributed by atoms with Gasteiger partial charge in [-0.3, -0.25) is 4.79 Å². The van der Waals surface area contributed by atoms with Gasteiger partial charge in [-0.05, 0) is 18.4 Å². The molecule has 0 radical (unpaired) electrons. The van der Waals surface area contributed by atoms with E-state index in [1.54, 1.807) is 6.08 Å². The SMILES string of the molecule is C=CCNCC(=O)N(Cc1ccccc1)C1CC1. The van der Waals surface area contributed by atoms with E-state index in [9.17, 15) is 4.79 Å². The fourth-order valence-electron chi connectivity index (χ4n) is 1.97. The van der Waals surface area contributed by atoms with E-state index in [2.05, 4.69) is 24.0 Å². The summed E-state index contributed by atoms with van der Waals surface area (Å²) in [6.07, 6.45) is 4.05. The molecule has 3 nitrogen and oxygen atoms in total. The average Bonchev–Trinajstić information content (AvgIpc) is 3.21. The highest BCUT2D eigenvalue weighted by Crippen LogP contribution is 2.28. The number of hydrogen-bond acceptors (Lipinski definition) is 2. The van der Waals surface area contributed by atoms with Crippen LogP contribution in [0.25, 0.3) is 0 Å². The van der Waals surface area contributed by atoms with Gasteiger partial charge in [0.25, 0.3) is 0 Å². The monoisotopic (exact) mass is 244 g/mol. The third kappa shape index (κ3) is 3.70. The fourth-order valence-corrected chi connectivity index (χ4v) is 1.97. The molecule has 0 heterocycles. The molecule has 1 N–H and O–H groups in total. The lowest BCUT2D eigenvalue weighted by atomic mass is 10.2. The maximum atomic E-state index is 12.1. The van der Waals surface area contributed by atoms with Crippen molar-refractivity contribution in [2.75, 3.05) is 13.1 Å². The molecule has 18 heavy (non-hydrogen) atoms. The van der Waals surface area contributed by atoms with Crippen molar-refractivity contribution in [3.05, 3.63) is 48.6 Å². The molecule has 0 saturated heterocycles. The molecule has 0 aromatic heterocycles. The molecule has 1 amide bonds. The zero-order chi connectivity index (χ0) is 12.8. The highest BCUT2D eigenvalue weighted by molar-refractivity contribution is 5.79. The van der Waals surface area contributed by atoms with Gasteiger partial charge in [0.1, 0.15) is 0 Å². The quantitative estimate of drug-likeness (QED) is 0.587. The second-order valence-electron chi connectivity index (χ2n) is 4.66. The Morgan fingerprint density at radius 3 is 2.72 bits per heavy atom. The van der Waals surface area contributed by atoms with Crippen LogP contribution in [0.4, 0.5) is 0 Å². The Hall–Kier alpha value is -1.61. The molecular weight excluding hydrogens is 224 g/mol. The van der Waals surface area contributed by atoms with Crippen molar-refractivity contribution in [3.8, 4) is 0 Å². The van der Waals surface area contributed by atoms with Gasteiger partial charge in [-0.2, -0.15) is 0 Å². The van der Waals surface area contributed by atoms with E-state index in [1.807, 2.05) is 23.1 Å². The number of carbonyl (C=O) groups excluding carboxylic acids is 1. The third-order valence-corrected chi connectivity index (χ3v) is 3.07. The standard InChI is InChI=1S/C15H20N2O/c1-2-10-16-11-15(18)17(14-8-9-14)12-13-6-4-3-5-7-13/h2-7,14,16H,1,8-12H2. The molecule has 96 valence electrons. The first-order valence-corrected chi connectivity index (χ1v) is 6.46. The van der Waals surface area contributed by atoms with E-state index < -0.39 is 0 Å². The van der Waals surface area contributed by atoms with Gasteiger partial charge in [0, 0.05) is 19.1 Å². The van der Waals surface area contributed by atoms with Crippen molar-refractivity contribution in [2.45, 2.75) is 25.4 Å². The summed E-state index contributed by atoms with van der Waals surface area (Å²) in [5, 5.41) is 3.07. The summed E-state index contributed by atoms with van der Waals surface area (Å²) >= 11 is 0. The molecule has 0 spiro atoms. The summed E-state index contributed by atoms with van der Waals surface area (Å²) in [5.74, 6) is 0.184. The minimum absolute atomic E-state index is 0.184. The van der Waals surface area contributed by atoms with Gasteiger partial charge < -0.3 is 10.2 Å². The predicted octanol–water partition coefficient (Wildman–Crippen LogP) is 1.95. The van der Waals surface area contributed by atoms with Gasteiger partial charge >= 0.3 is 0 Å². The maximum absolute atomic E-state index is 12.1. The van der Waals surface area contributed by atoms with Crippen molar-refractivity contribution >= 4 is 5.91 Å². The highest BCUT2D eigenvalue weighted by atomic mass is 16.2. The number of hydrogen-bond donors (Lipinski definition) is 1. The maximum Gasteiger partial charge on any atom is 0.237 e. The van der Waals surface area contributed by atoms with Crippen molar-refractivity contribution < 1.29 is 4.79 Å². The van der Waals surface area contributed by atoms with Gasteiger partial charge in [0.15, 0.2) is 0 Å². The summed E-state index contributed by atoms with van der Waals surface area (Å²) in [6.45, 7) is 5.43. The van der Waals surface area contributed by atoms with E-state index in [0.717, 1.165) is 19.4 Å². The number of benzene rings is 1. The number of carbonyl (C=O) groups is 1. The molecular formula is C15H20N2O. The molecule has 3 heteroatoms. The van der Waals surface area contributed by atoms with E-state index in [1.165, 1.54) is 5.56 Å². The molecule has 0 bridgehead atoms. The average molecular weight is 244 g/mol. The van der Waals surface area contributed by atoms with Crippen LogP contribution in [0, 0.1) is 0 Å². The summed E-state index contributed by atoms with van der Waals surface area (Å²) in [4.78, 5) is 14.1. The van der Waals surface area contributed by atoms with Crippen LogP contribution >= 0.6 is 0 Å². The second-order valence-corrected chi connectivity index (χ2v) is 4.66. The van der Waals surface area contributed by atoms with Gasteiger partial charge in [-0.1, -0.05) is 36.4 Å². The largest absolute Gasteiger partial charge is 0.334 e. The van der Waals surface area contributed by atoms with Crippen molar-refractivity contribution in [1.29, 1.82) is 0 Å². The second kappa shape index (κ2) is 6.36. The Labute approximate surface area is 108 Å². The van der Waals surface area contributed by atoms with Crippen LogP contribution in [-0.4, -0.2) is 29.9 Å². The van der Waals surface area contributed by atoms with Crippen molar-refractivity contribution in [2.24, 2.45) is 0 Å². The third-order valence-electron chi connectivity index (χ3n) is 3.07. The molecule has 1 fully saturated rings. The molecule has 0 unspecified atom stereocenters. The summed E-state index contributed by atoms with van der Waals surface area (Å²) in [7, 11) is 0. The first kappa shape index (κ1) is 12.8. The smallest absolute Gasteiger partial charge is 0.237 e. The normalized spacial score (nSPS) is 14.2. The Morgan fingerprint density at radius 1 is 1.39 bits per heavy atom. The molecule has 1 aliphatic rings. The number of rotatable bonds is 7. The molecule has 2 rings (SSSR count).